The molecule has 0 rings (SSSR count). The zero-order valence-corrected chi connectivity index (χ0v) is 11.7. The summed E-state index contributed by atoms with van der Waals surface area (Å²) in [5.74, 6) is 0. The summed E-state index contributed by atoms with van der Waals surface area (Å²) in [6, 6.07) is 0. The maximum Gasteiger partial charge on any atom is 0.127 e. The maximum absolute atomic E-state index is 2.46. The third kappa shape index (κ3) is 10.4. The molecule has 0 heterocycles. The zero-order valence-electron chi connectivity index (χ0n) is 11.7. The minimum atomic E-state index is 1.29. The summed E-state index contributed by atoms with van der Waals surface area (Å²) in [5, 5.41) is 4.93. The molecule has 0 aromatic carbocycles. The van der Waals surface area contributed by atoms with E-state index in [1.165, 1.54) is 65.1 Å². The van der Waals surface area contributed by atoms with Gasteiger partial charge in [0.2, 0.25) is 0 Å². The van der Waals surface area contributed by atoms with Crippen molar-refractivity contribution in [1.82, 2.24) is 0 Å². The van der Waals surface area contributed by atoms with Crippen LogP contribution in [0, 0.1) is 0 Å². The van der Waals surface area contributed by atoms with E-state index >= 15 is 0 Å². The Morgan fingerprint density at radius 2 is 1.12 bits per heavy atom. The van der Waals surface area contributed by atoms with E-state index in [4.69, 9.17) is 0 Å². The van der Waals surface area contributed by atoms with Gasteiger partial charge in [-0.15, -0.1) is 0 Å². The highest BCUT2D eigenvalue weighted by molar-refractivity contribution is 4.30. The third-order valence-electron chi connectivity index (χ3n) is 2.99. The molecule has 0 atom stereocenters. The molecule has 16 heavy (non-hydrogen) atoms. The number of hydrogen-bond acceptors (Lipinski definition) is 0. The number of quaternary nitrogens is 3. The molecular weight excluding hydrogens is 198 g/mol. The van der Waals surface area contributed by atoms with Gasteiger partial charge in [0.15, 0.2) is 0 Å². The van der Waals surface area contributed by atoms with Gasteiger partial charge in [-0.25, -0.2) is 0 Å². The molecule has 0 radical (unpaired) electrons. The first kappa shape index (κ1) is 15.9. The van der Waals surface area contributed by atoms with Gasteiger partial charge in [0, 0.05) is 0 Å². The quantitative estimate of drug-likeness (QED) is 0.333. The van der Waals surface area contributed by atoms with Crippen molar-refractivity contribution < 1.29 is 15.5 Å². The van der Waals surface area contributed by atoms with Crippen molar-refractivity contribution in [2.24, 2.45) is 0 Å². The molecule has 0 fully saturated rings. The van der Waals surface area contributed by atoms with Crippen LogP contribution < -0.4 is 15.5 Å². The Hall–Kier alpha value is -0.120. The van der Waals surface area contributed by atoms with Crippen molar-refractivity contribution in [3.8, 4) is 0 Å². The normalized spacial score (nSPS) is 11.2. The largest absolute Gasteiger partial charge is 0.342 e. The highest BCUT2D eigenvalue weighted by Crippen LogP contribution is 1.64. The summed E-state index contributed by atoms with van der Waals surface area (Å²) in [5.41, 5.74) is 0. The van der Waals surface area contributed by atoms with Crippen molar-refractivity contribution in [3.63, 3.8) is 0 Å². The van der Waals surface area contributed by atoms with Gasteiger partial charge in [-0.05, 0) is 19.3 Å². The Morgan fingerprint density at radius 3 is 1.50 bits per heavy atom. The van der Waals surface area contributed by atoms with E-state index in [1.807, 2.05) is 0 Å². The van der Waals surface area contributed by atoms with Gasteiger partial charge in [-0.3, -0.25) is 0 Å². The van der Waals surface area contributed by atoms with Gasteiger partial charge in [-0.2, -0.15) is 0 Å². The third-order valence-corrected chi connectivity index (χ3v) is 2.99. The Labute approximate surface area is 102 Å². The van der Waals surface area contributed by atoms with Crippen LogP contribution in [-0.4, -0.2) is 45.8 Å². The maximum atomic E-state index is 2.46. The predicted molar refractivity (Wildman–Crippen MR) is 69.8 cm³/mol. The highest BCUT2D eigenvalue weighted by atomic mass is 15.1. The molecule has 0 saturated heterocycles. The van der Waals surface area contributed by atoms with Crippen molar-refractivity contribution in [2.45, 2.75) is 40.0 Å². The zero-order chi connectivity index (χ0) is 12.1. The lowest BCUT2D eigenvalue weighted by Gasteiger charge is -2.17. The van der Waals surface area contributed by atoms with Gasteiger partial charge >= 0.3 is 0 Å². The Bertz CT molecular complexity index is 116. The van der Waals surface area contributed by atoms with Crippen LogP contribution in [0.1, 0.15) is 40.0 Å². The molecule has 0 bridgehead atoms. The Kier molecular flexibility index (Phi) is 12.9. The topological polar surface area (TPSA) is 37.7 Å². The molecule has 0 aliphatic rings. The van der Waals surface area contributed by atoms with Crippen LogP contribution in [0.2, 0.25) is 0 Å². The first-order valence-electron chi connectivity index (χ1n) is 7.31. The smallest absolute Gasteiger partial charge is 0.127 e. The molecule has 0 spiro atoms. The van der Waals surface area contributed by atoms with E-state index in [2.05, 4.69) is 31.4 Å². The van der Waals surface area contributed by atoms with Gasteiger partial charge in [0.25, 0.3) is 0 Å². The summed E-state index contributed by atoms with van der Waals surface area (Å²) in [4.78, 5) is 1.79. The molecule has 98 valence electrons. The SMILES string of the molecule is CCC[NH2+]CC[NH+](CCC)CC[NH2+]CCC. The minimum Gasteiger partial charge on any atom is -0.342 e. The Balaban J connectivity index is 3.45. The molecular formula is C13H34N3+3. The van der Waals surface area contributed by atoms with Crippen LogP contribution in [0.25, 0.3) is 0 Å². The summed E-state index contributed by atoms with van der Waals surface area (Å²) in [7, 11) is 0. The van der Waals surface area contributed by atoms with E-state index in [-0.39, 0.29) is 0 Å². The average molecular weight is 232 g/mol. The van der Waals surface area contributed by atoms with E-state index in [0.717, 1.165) is 0 Å². The first-order valence-corrected chi connectivity index (χ1v) is 7.31. The van der Waals surface area contributed by atoms with E-state index in [1.54, 1.807) is 4.90 Å². The van der Waals surface area contributed by atoms with Crippen LogP contribution in [0.4, 0.5) is 0 Å². The molecule has 3 nitrogen and oxygen atoms in total. The second kappa shape index (κ2) is 12.9. The lowest BCUT2D eigenvalue weighted by Crippen LogP contribution is -3.16. The van der Waals surface area contributed by atoms with Crippen LogP contribution >= 0.6 is 0 Å². The van der Waals surface area contributed by atoms with E-state index in [9.17, 15) is 0 Å². The molecule has 5 N–H and O–H groups in total. The molecule has 0 unspecified atom stereocenters. The number of hydrogen-bond donors (Lipinski definition) is 3. The summed E-state index contributed by atoms with van der Waals surface area (Å²) in [6.45, 7) is 16.0. The standard InChI is InChI=1S/C13H31N3/c1-4-7-14-9-12-16(11-6-3)13-10-15-8-5-2/h14-15H,4-13H2,1-3H3/p+3. The predicted octanol–water partition coefficient (Wildman–Crippen LogP) is -1.77. The molecule has 0 aromatic heterocycles. The fourth-order valence-corrected chi connectivity index (χ4v) is 2.04. The van der Waals surface area contributed by atoms with Crippen LogP contribution in [0.15, 0.2) is 0 Å². The summed E-state index contributed by atoms with van der Waals surface area (Å²) < 4.78 is 0. The number of rotatable bonds is 12. The molecule has 0 aliphatic heterocycles. The number of nitrogens with one attached hydrogen (secondary N) is 1. The lowest BCUT2D eigenvalue weighted by molar-refractivity contribution is -0.923. The van der Waals surface area contributed by atoms with Crippen molar-refractivity contribution in [1.29, 1.82) is 0 Å². The van der Waals surface area contributed by atoms with Crippen LogP contribution in [0.3, 0.4) is 0 Å². The first-order chi connectivity index (χ1) is 7.85. The molecule has 0 aromatic rings. The van der Waals surface area contributed by atoms with Gasteiger partial charge < -0.3 is 15.5 Å². The van der Waals surface area contributed by atoms with Crippen molar-refractivity contribution in [2.75, 3.05) is 45.8 Å². The second-order valence-electron chi connectivity index (χ2n) is 4.73. The fourth-order valence-electron chi connectivity index (χ4n) is 2.04. The summed E-state index contributed by atoms with van der Waals surface area (Å²) >= 11 is 0. The van der Waals surface area contributed by atoms with E-state index < -0.39 is 0 Å². The fraction of sp³-hybridized carbons (Fsp3) is 1.00. The van der Waals surface area contributed by atoms with Gasteiger partial charge in [0.05, 0.1) is 19.6 Å². The second-order valence-corrected chi connectivity index (χ2v) is 4.73. The molecule has 3 heteroatoms. The van der Waals surface area contributed by atoms with Crippen LogP contribution in [-0.2, 0) is 0 Å². The average Bonchev–Trinajstić information content (AvgIpc) is 2.30. The van der Waals surface area contributed by atoms with Gasteiger partial charge in [0.1, 0.15) is 26.2 Å². The lowest BCUT2D eigenvalue weighted by atomic mass is 10.3. The van der Waals surface area contributed by atoms with Gasteiger partial charge in [-0.1, -0.05) is 20.8 Å². The number of nitrogens with two attached hydrogens (primary N) is 2. The molecule has 0 amide bonds. The van der Waals surface area contributed by atoms with Crippen molar-refractivity contribution >= 4 is 0 Å². The highest BCUT2D eigenvalue weighted by Gasteiger charge is 2.08. The molecule has 0 aliphatic carbocycles. The summed E-state index contributed by atoms with van der Waals surface area (Å²) in [6.07, 6.45) is 3.91. The van der Waals surface area contributed by atoms with Crippen LogP contribution in [0.5, 0.6) is 0 Å². The molecule has 0 saturated carbocycles. The van der Waals surface area contributed by atoms with E-state index in [0.29, 0.717) is 0 Å². The van der Waals surface area contributed by atoms with Crippen molar-refractivity contribution in [3.05, 3.63) is 0 Å². The minimum absolute atomic E-state index is 1.29. The monoisotopic (exact) mass is 232 g/mol. The Morgan fingerprint density at radius 1 is 0.625 bits per heavy atom.